The minimum absolute atomic E-state index is 0.0625. The van der Waals surface area contributed by atoms with Crippen LogP contribution in [-0.4, -0.2) is 35.3 Å². The predicted octanol–water partition coefficient (Wildman–Crippen LogP) is 1.45. The van der Waals surface area contributed by atoms with Crippen LogP contribution in [0, 0.1) is 5.92 Å². The fourth-order valence-corrected chi connectivity index (χ4v) is 3.25. The van der Waals surface area contributed by atoms with E-state index in [1.54, 1.807) is 0 Å². The summed E-state index contributed by atoms with van der Waals surface area (Å²) in [7, 11) is 0. The topological polar surface area (TPSA) is 49.4 Å². The number of carbonyl (C=O) groups is 2. The molecule has 3 fully saturated rings. The van der Waals surface area contributed by atoms with Gasteiger partial charge in [0.15, 0.2) is 0 Å². The van der Waals surface area contributed by atoms with Gasteiger partial charge >= 0.3 is 0 Å². The Labute approximate surface area is 108 Å². The van der Waals surface area contributed by atoms with Crippen LogP contribution in [0.25, 0.3) is 0 Å². The van der Waals surface area contributed by atoms with Gasteiger partial charge in [0.05, 0.1) is 6.04 Å². The monoisotopic (exact) mass is 250 g/mol. The second-order valence-electron chi connectivity index (χ2n) is 6.02. The maximum atomic E-state index is 12.1. The summed E-state index contributed by atoms with van der Waals surface area (Å²) in [6.45, 7) is 0.738. The zero-order valence-corrected chi connectivity index (χ0v) is 10.9. The lowest BCUT2D eigenvalue weighted by Gasteiger charge is -2.23. The highest BCUT2D eigenvalue weighted by Crippen LogP contribution is 2.31. The zero-order chi connectivity index (χ0) is 12.5. The van der Waals surface area contributed by atoms with Crippen LogP contribution in [0.3, 0.4) is 0 Å². The van der Waals surface area contributed by atoms with Crippen LogP contribution in [0.2, 0.25) is 0 Å². The normalized spacial score (nSPS) is 29.7. The second-order valence-corrected chi connectivity index (χ2v) is 6.02. The second kappa shape index (κ2) is 4.90. The fourth-order valence-electron chi connectivity index (χ4n) is 3.25. The molecule has 18 heavy (non-hydrogen) atoms. The molecule has 1 heterocycles. The number of amides is 2. The highest BCUT2D eigenvalue weighted by Gasteiger charge is 2.40. The molecule has 1 N–H and O–H groups in total. The van der Waals surface area contributed by atoms with Crippen molar-refractivity contribution in [2.45, 2.75) is 63.5 Å². The van der Waals surface area contributed by atoms with Gasteiger partial charge in [-0.1, -0.05) is 19.3 Å². The van der Waals surface area contributed by atoms with E-state index >= 15 is 0 Å². The van der Waals surface area contributed by atoms with Crippen molar-refractivity contribution in [3.63, 3.8) is 0 Å². The molecular weight excluding hydrogens is 228 g/mol. The fraction of sp³-hybridized carbons (Fsp3) is 0.857. The van der Waals surface area contributed by atoms with Gasteiger partial charge in [-0.25, -0.2) is 0 Å². The number of hydrogen-bond donors (Lipinski definition) is 1. The maximum absolute atomic E-state index is 12.1. The van der Waals surface area contributed by atoms with E-state index in [2.05, 4.69) is 5.32 Å². The molecule has 0 aromatic rings. The summed E-state index contributed by atoms with van der Waals surface area (Å²) in [5.41, 5.74) is 0. The van der Waals surface area contributed by atoms with Gasteiger partial charge in [0.2, 0.25) is 11.8 Å². The quantitative estimate of drug-likeness (QED) is 0.824. The molecule has 4 heteroatoms. The van der Waals surface area contributed by atoms with Crippen molar-refractivity contribution in [1.82, 2.24) is 10.2 Å². The third kappa shape index (κ3) is 2.52. The molecule has 3 rings (SSSR count). The van der Waals surface area contributed by atoms with E-state index < -0.39 is 0 Å². The van der Waals surface area contributed by atoms with Gasteiger partial charge in [-0.05, 0) is 25.7 Å². The number of nitrogens with zero attached hydrogens (tertiary/aromatic N) is 1. The number of likely N-dealkylation sites (tertiary alicyclic amines) is 1. The van der Waals surface area contributed by atoms with Gasteiger partial charge < -0.3 is 10.2 Å². The first-order valence-corrected chi connectivity index (χ1v) is 7.34. The van der Waals surface area contributed by atoms with Gasteiger partial charge in [0.1, 0.15) is 0 Å². The highest BCUT2D eigenvalue weighted by atomic mass is 16.2. The summed E-state index contributed by atoms with van der Waals surface area (Å²) in [5, 5.41) is 3.09. The summed E-state index contributed by atoms with van der Waals surface area (Å²) in [6.07, 6.45) is 8.48. The molecule has 3 aliphatic rings. The van der Waals surface area contributed by atoms with Gasteiger partial charge in [-0.2, -0.15) is 0 Å². The average molecular weight is 250 g/mol. The SMILES string of the molecule is O=C(NC1CC(=O)N(C2CC2)C1)C1CCCCC1. The lowest BCUT2D eigenvalue weighted by molar-refractivity contribution is -0.128. The third-order valence-corrected chi connectivity index (χ3v) is 4.47. The molecule has 0 aromatic carbocycles. The highest BCUT2D eigenvalue weighted by molar-refractivity contribution is 5.83. The minimum atomic E-state index is 0.0625. The average Bonchev–Trinajstić information content (AvgIpc) is 3.15. The van der Waals surface area contributed by atoms with Crippen molar-refractivity contribution >= 4 is 11.8 Å². The van der Waals surface area contributed by atoms with Gasteiger partial charge in [0.25, 0.3) is 0 Å². The van der Waals surface area contributed by atoms with Crippen LogP contribution in [0.15, 0.2) is 0 Å². The van der Waals surface area contributed by atoms with E-state index in [9.17, 15) is 9.59 Å². The molecule has 2 amide bonds. The molecule has 1 atom stereocenters. The minimum Gasteiger partial charge on any atom is -0.351 e. The van der Waals surface area contributed by atoms with Crippen molar-refractivity contribution in [2.24, 2.45) is 5.92 Å². The Morgan fingerprint density at radius 1 is 1.11 bits per heavy atom. The summed E-state index contributed by atoms with van der Waals surface area (Å²) in [6, 6.07) is 0.543. The van der Waals surface area contributed by atoms with Gasteiger partial charge in [-0.15, -0.1) is 0 Å². The summed E-state index contributed by atoms with van der Waals surface area (Å²) in [4.78, 5) is 25.9. The maximum Gasteiger partial charge on any atom is 0.225 e. The van der Waals surface area contributed by atoms with E-state index in [1.807, 2.05) is 4.90 Å². The molecule has 1 unspecified atom stereocenters. The Morgan fingerprint density at radius 2 is 1.83 bits per heavy atom. The van der Waals surface area contributed by atoms with E-state index in [-0.39, 0.29) is 23.8 Å². The molecule has 1 saturated heterocycles. The summed E-state index contributed by atoms with van der Waals surface area (Å²) >= 11 is 0. The molecule has 0 bridgehead atoms. The number of rotatable bonds is 3. The van der Waals surface area contributed by atoms with Crippen LogP contribution in [0.5, 0.6) is 0 Å². The molecule has 1 aliphatic heterocycles. The van der Waals surface area contributed by atoms with Crippen LogP contribution < -0.4 is 5.32 Å². The van der Waals surface area contributed by atoms with Crippen molar-refractivity contribution in [3.05, 3.63) is 0 Å². The Kier molecular flexibility index (Phi) is 3.27. The first kappa shape index (κ1) is 12.0. The third-order valence-electron chi connectivity index (χ3n) is 4.47. The van der Waals surface area contributed by atoms with E-state index in [0.29, 0.717) is 12.5 Å². The Morgan fingerprint density at radius 3 is 2.50 bits per heavy atom. The lowest BCUT2D eigenvalue weighted by Crippen LogP contribution is -2.41. The zero-order valence-electron chi connectivity index (χ0n) is 10.9. The molecule has 2 aliphatic carbocycles. The van der Waals surface area contributed by atoms with Crippen LogP contribution >= 0.6 is 0 Å². The molecule has 0 aromatic heterocycles. The van der Waals surface area contributed by atoms with Crippen LogP contribution in [0.1, 0.15) is 51.4 Å². The molecule has 2 saturated carbocycles. The van der Waals surface area contributed by atoms with Crippen LogP contribution in [-0.2, 0) is 9.59 Å². The molecule has 100 valence electrons. The smallest absolute Gasteiger partial charge is 0.225 e. The van der Waals surface area contributed by atoms with E-state index in [1.165, 1.54) is 19.3 Å². The Balaban J connectivity index is 1.50. The Hall–Kier alpha value is -1.06. The molecular formula is C14H22N2O2. The van der Waals surface area contributed by atoms with Crippen molar-refractivity contribution in [3.8, 4) is 0 Å². The number of nitrogens with one attached hydrogen (secondary N) is 1. The Bertz CT molecular complexity index is 346. The largest absolute Gasteiger partial charge is 0.351 e. The lowest BCUT2D eigenvalue weighted by atomic mass is 9.88. The van der Waals surface area contributed by atoms with E-state index in [4.69, 9.17) is 0 Å². The van der Waals surface area contributed by atoms with Crippen molar-refractivity contribution in [2.75, 3.05) is 6.54 Å². The molecule has 0 radical (unpaired) electrons. The number of hydrogen-bond acceptors (Lipinski definition) is 2. The molecule has 0 spiro atoms. The summed E-state index contributed by atoms with van der Waals surface area (Å²) < 4.78 is 0. The van der Waals surface area contributed by atoms with E-state index in [0.717, 1.165) is 32.2 Å². The predicted molar refractivity (Wildman–Crippen MR) is 67.9 cm³/mol. The van der Waals surface area contributed by atoms with Crippen molar-refractivity contribution in [1.29, 1.82) is 0 Å². The van der Waals surface area contributed by atoms with Crippen LogP contribution in [0.4, 0.5) is 0 Å². The first-order valence-electron chi connectivity index (χ1n) is 7.34. The standard InChI is InChI=1S/C14H22N2O2/c17-13-8-11(9-16(13)12-6-7-12)15-14(18)10-4-2-1-3-5-10/h10-12H,1-9H2,(H,15,18). The van der Waals surface area contributed by atoms with Crippen molar-refractivity contribution < 1.29 is 9.59 Å². The molecule has 4 nitrogen and oxygen atoms in total. The number of carbonyl (C=O) groups excluding carboxylic acids is 2. The first-order chi connectivity index (χ1) is 8.74. The van der Waals surface area contributed by atoms with Gasteiger partial charge in [0, 0.05) is 24.9 Å². The summed E-state index contributed by atoms with van der Waals surface area (Å²) in [5.74, 6) is 0.611. The van der Waals surface area contributed by atoms with Gasteiger partial charge in [-0.3, -0.25) is 9.59 Å².